The molecule has 0 spiro atoms. The molecule has 0 saturated heterocycles. The summed E-state index contributed by atoms with van der Waals surface area (Å²) in [4.78, 5) is 4.76. The lowest BCUT2D eigenvalue weighted by atomic mass is 10.1. The van der Waals surface area contributed by atoms with Gasteiger partial charge in [-0.25, -0.2) is 4.98 Å². The first-order chi connectivity index (χ1) is 9.52. The lowest BCUT2D eigenvalue weighted by Gasteiger charge is -2.16. The molecule has 0 saturated carbocycles. The number of thiazole rings is 1. The second-order valence-corrected chi connectivity index (χ2v) is 7.08. The van der Waals surface area contributed by atoms with Crippen LogP contribution in [0.3, 0.4) is 0 Å². The summed E-state index contributed by atoms with van der Waals surface area (Å²) >= 11 is 11.3. The van der Waals surface area contributed by atoms with E-state index in [1.165, 1.54) is 5.56 Å². The molecule has 5 heteroatoms. The maximum atomic E-state index is 6.07. The molecule has 0 bridgehead atoms. The topological polar surface area (TPSA) is 24.9 Å². The molecule has 1 aromatic heterocycles. The molecule has 0 aliphatic heterocycles. The van der Waals surface area contributed by atoms with E-state index < -0.39 is 0 Å². The Hall–Kier alpha value is -0.420. The Morgan fingerprint density at radius 1 is 1.40 bits per heavy atom. The van der Waals surface area contributed by atoms with Crippen LogP contribution < -0.4 is 5.32 Å². The fourth-order valence-electron chi connectivity index (χ4n) is 1.94. The molecule has 0 radical (unpaired) electrons. The first-order valence-electron chi connectivity index (χ1n) is 6.66. The highest BCUT2D eigenvalue weighted by Gasteiger charge is 2.18. The van der Waals surface area contributed by atoms with Crippen LogP contribution in [-0.4, -0.2) is 11.5 Å². The number of hydrogen-bond donors (Lipinski definition) is 1. The van der Waals surface area contributed by atoms with E-state index in [1.54, 1.807) is 11.3 Å². The van der Waals surface area contributed by atoms with Crippen molar-refractivity contribution in [1.29, 1.82) is 0 Å². The van der Waals surface area contributed by atoms with Crippen molar-refractivity contribution in [3.63, 3.8) is 0 Å². The van der Waals surface area contributed by atoms with Crippen LogP contribution in [0.4, 0.5) is 0 Å². The van der Waals surface area contributed by atoms with Crippen molar-refractivity contribution in [2.45, 2.75) is 32.7 Å². The highest BCUT2D eigenvalue weighted by molar-refractivity contribution is 9.10. The van der Waals surface area contributed by atoms with E-state index in [-0.39, 0.29) is 6.04 Å². The van der Waals surface area contributed by atoms with Gasteiger partial charge in [-0.2, -0.15) is 0 Å². The zero-order valence-corrected chi connectivity index (χ0v) is 14.9. The number of nitrogens with one attached hydrogen (secondary N) is 1. The quantitative estimate of drug-likeness (QED) is 0.761. The van der Waals surface area contributed by atoms with Crippen LogP contribution in [0.1, 0.15) is 49.0 Å². The molecule has 1 heterocycles. The highest BCUT2D eigenvalue weighted by Crippen LogP contribution is 2.31. The predicted molar refractivity (Wildman–Crippen MR) is 90.9 cm³/mol. The van der Waals surface area contributed by atoms with Gasteiger partial charge in [-0.3, -0.25) is 0 Å². The van der Waals surface area contributed by atoms with Crippen molar-refractivity contribution in [1.82, 2.24) is 10.3 Å². The molecule has 20 heavy (non-hydrogen) atoms. The zero-order chi connectivity index (χ0) is 14.7. The van der Waals surface area contributed by atoms with Crippen molar-refractivity contribution in [2.75, 3.05) is 6.54 Å². The van der Waals surface area contributed by atoms with Gasteiger partial charge >= 0.3 is 0 Å². The maximum Gasteiger partial charge on any atom is 0.114 e. The Kier molecular flexibility index (Phi) is 5.61. The molecule has 0 amide bonds. The fourth-order valence-corrected chi connectivity index (χ4v) is 3.54. The Bertz CT molecular complexity index is 583. The third-order valence-corrected chi connectivity index (χ3v) is 5.21. The smallest absolute Gasteiger partial charge is 0.114 e. The first kappa shape index (κ1) is 16.0. The minimum absolute atomic E-state index is 0.117. The minimum Gasteiger partial charge on any atom is -0.305 e. The van der Waals surface area contributed by atoms with E-state index >= 15 is 0 Å². The molecule has 108 valence electrons. The van der Waals surface area contributed by atoms with Crippen molar-refractivity contribution in [2.24, 2.45) is 0 Å². The largest absolute Gasteiger partial charge is 0.305 e. The Balaban J connectivity index is 2.36. The van der Waals surface area contributed by atoms with Gasteiger partial charge in [0.25, 0.3) is 0 Å². The van der Waals surface area contributed by atoms with E-state index in [9.17, 15) is 0 Å². The van der Waals surface area contributed by atoms with Crippen LogP contribution >= 0.6 is 38.9 Å². The fraction of sp³-hybridized carbons (Fsp3) is 0.400. The van der Waals surface area contributed by atoms with Crippen LogP contribution in [-0.2, 0) is 0 Å². The van der Waals surface area contributed by atoms with Crippen molar-refractivity contribution >= 4 is 38.9 Å². The Morgan fingerprint density at radius 3 is 2.70 bits per heavy atom. The molecular formula is C15H18BrClN2S. The number of hydrogen-bond acceptors (Lipinski definition) is 3. The van der Waals surface area contributed by atoms with Gasteiger partial charge in [-0.05, 0) is 46.1 Å². The number of benzene rings is 1. The zero-order valence-electron chi connectivity index (χ0n) is 11.8. The average Bonchev–Trinajstić information content (AvgIpc) is 2.89. The SMILES string of the molecule is CCNC(c1ccc(Cl)c(Br)c1)c1nc(C(C)C)cs1. The molecule has 2 aromatic rings. The van der Waals surface area contributed by atoms with E-state index in [0.717, 1.165) is 26.7 Å². The summed E-state index contributed by atoms with van der Waals surface area (Å²) in [7, 11) is 0. The predicted octanol–water partition coefficient (Wildman–Crippen LogP) is 5.38. The van der Waals surface area contributed by atoms with Crippen LogP contribution in [0, 0.1) is 0 Å². The maximum absolute atomic E-state index is 6.07. The van der Waals surface area contributed by atoms with E-state index in [1.807, 2.05) is 6.07 Å². The molecule has 2 rings (SSSR count). The molecule has 1 atom stereocenters. The van der Waals surface area contributed by atoms with Crippen molar-refractivity contribution < 1.29 is 0 Å². The summed E-state index contributed by atoms with van der Waals surface area (Å²) < 4.78 is 0.917. The van der Waals surface area contributed by atoms with Gasteiger partial charge in [0.1, 0.15) is 5.01 Å². The molecule has 2 nitrogen and oxygen atoms in total. The van der Waals surface area contributed by atoms with Crippen LogP contribution in [0.15, 0.2) is 28.1 Å². The standard InChI is InChI=1S/C15H18BrClN2S/c1-4-18-14(10-5-6-12(17)11(16)7-10)15-19-13(8-20-15)9(2)3/h5-9,14,18H,4H2,1-3H3. The Labute approximate surface area is 137 Å². The molecule has 0 aliphatic rings. The highest BCUT2D eigenvalue weighted by atomic mass is 79.9. The van der Waals surface area contributed by atoms with Gasteiger partial charge in [0, 0.05) is 9.85 Å². The van der Waals surface area contributed by atoms with Gasteiger partial charge < -0.3 is 5.32 Å². The third-order valence-electron chi connectivity index (χ3n) is 3.06. The summed E-state index contributed by atoms with van der Waals surface area (Å²) in [6.07, 6.45) is 0. The van der Waals surface area contributed by atoms with Crippen LogP contribution in [0.5, 0.6) is 0 Å². The average molecular weight is 374 g/mol. The van der Waals surface area contributed by atoms with E-state index in [2.05, 4.69) is 59.5 Å². The van der Waals surface area contributed by atoms with Gasteiger partial charge in [-0.15, -0.1) is 11.3 Å². The molecule has 0 fully saturated rings. The number of rotatable bonds is 5. The minimum atomic E-state index is 0.117. The summed E-state index contributed by atoms with van der Waals surface area (Å²) in [6.45, 7) is 7.33. The Morgan fingerprint density at radius 2 is 2.15 bits per heavy atom. The monoisotopic (exact) mass is 372 g/mol. The molecular weight excluding hydrogens is 356 g/mol. The summed E-state index contributed by atoms with van der Waals surface area (Å²) in [6, 6.07) is 6.15. The second-order valence-electron chi connectivity index (χ2n) is 4.93. The number of aromatic nitrogens is 1. The summed E-state index contributed by atoms with van der Waals surface area (Å²) in [5, 5.41) is 7.48. The number of halogens is 2. The van der Waals surface area contributed by atoms with Crippen molar-refractivity contribution in [3.8, 4) is 0 Å². The van der Waals surface area contributed by atoms with Gasteiger partial charge in [0.05, 0.1) is 16.8 Å². The van der Waals surface area contributed by atoms with Crippen LogP contribution in [0.25, 0.3) is 0 Å². The van der Waals surface area contributed by atoms with Gasteiger partial charge in [0.2, 0.25) is 0 Å². The third kappa shape index (κ3) is 3.61. The lowest BCUT2D eigenvalue weighted by molar-refractivity contribution is 0.623. The molecule has 0 aliphatic carbocycles. The first-order valence-corrected chi connectivity index (χ1v) is 8.71. The lowest BCUT2D eigenvalue weighted by Crippen LogP contribution is -2.22. The molecule has 1 aromatic carbocycles. The van der Waals surface area contributed by atoms with Crippen LogP contribution in [0.2, 0.25) is 5.02 Å². The molecule has 1 unspecified atom stereocenters. The second kappa shape index (κ2) is 7.03. The molecule has 1 N–H and O–H groups in total. The normalized spacial score (nSPS) is 12.9. The number of nitrogens with zero attached hydrogens (tertiary/aromatic N) is 1. The van der Waals surface area contributed by atoms with E-state index in [0.29, 0.717) is 5.92 Å². The summed E-state index contributed by atoms with van der Waals surface area (Å²) in [5.41, 5.74) is 2.33. The van der Waals surface area contributed by atoms with E-state index in [4.69, 9.17) is 16.6 Å². The van der Waals surface area contributed by atoms with Gasteiger partial charge in [0.15, 0.2) is 0 Å². The van der Waals surface area contributed by atoms with Crippen molar-refractivity contribution in [3.05, 3.63) is 49.3 Å². The summed E-state index contributed by atoms with van der Waals surface area (Å²) in [5.74, 6) is 0.458. The van der Waals surface area contributed by atoms with Gasteiger partial charge in [-0.1, -0.05) is 38.4 Å².